The lowest BCUT2D eigenvalue weighted by molar-refractivity contribution is -0.165. The molecule has 0 unspecified atom stereocenters. The zero-order chi connectivity index (χ0) is 47.8. The van der Waals surface area contributed by atoms with Crippen molar-refractivity contribution in [2.45, 2.75) is 247 Å². The van der Waals surface area contributed by atoms with Crippen LogP contribution < -0.4 is 10.6 Å². The highest BCUT2D eigenvalue weighted by Gasteiger charge is 2.29. The average Bonchev–Trinajstić information content (AvgIpc) is 2.75. The molecule has 0 aliphatic carbocycles. The first-order chi connectivity index (χ1) is 24.1. The van der Waals surface area contributed by atoms with Crippen molar-refractivity contribution in [3.63, 3.8) is 0 Å². The highest BCUT2D eigenvalue weighted by molar-refractivity contribution is 5.82. The predicted molar refractivity (Wildman–Crippen MR) is 234 cm³/mol. The maximum absolute atomic E-state index is 11.4. The summed E-state index contributed by atoms with van der Waals surface area (Å²) in [5, 5.41) is 5.63. The molecular weight excluding hydrogens is 728 g/mol. The number of esters is 2. The van der Waals surface area contributed by atoms with Crippen molar-refractivity contribution in [1.82, 2.24) is 10.6 Å². The molecule has 0 spiro atoms. The summed E-state index contributed by atoms with van der Waals surface area (Å²) in [5.41, 5.74) is -3.56. The lowest BCUT2D eigenvalue weighted by Gasteiger charge is -2.26. The molecule has 0 saturated heterocycles. The fraction of sp³-hybridized carbons (Fsp3) is 0.889. The van der Waals surface area contributed by atoms with Crippen LogP contribution in [-0.2, 0) is 38.1 Å². The summed E-state index contributed by atoms with van der Waals surface area (Å²) in [6.07, 6.45) is -0.981. The van der Waals surface area contributed by atoms with Gasteiger partial charge in [-0.2, -0.15) is 0 Å². The molecule has 0 aromatic rings. The van der Waals surface area contributed by atoms with Gasteiger partial charge in [0.1, 0.15) is 28.0 Å². The summed E-state index contributed by atoms with van der Waals surface area (Å²) in [6.45, 7) is 56.1. The van der Waals surface area contributed by atoms with Gasteiger partial charge in [0.25, 0.3) is 0 Å². The van der Waals surface area contributed by atoms with Crippen LogP contribution in [-0.4, -0.2) is 69.2 Å². The molecule has 0 rings (SSSR count). The lowest BCUT2D eigenvalue weighted by Crippen LogP contribution is -2.46. The minimum atomic E-state index is -0.616. The van der Waals surface area contributed by atoms with Crippen LogP contribution in [0.15, 0.2) is 0 Å². The summed E-state index contributed by atoms with van der Waals surface area (Å²) in [7, 11) is 0. The van der Waals surface area contributed by atoms with Gasteiger partial charge < -0.3 is 34.3 Å². The smallest absolute Gasteiger partial charge is 0.460 e. The summed E-state index contributed by atoms with van der Waals surface area (Å²) < 4.78 is 25.3. The van der Waals surface area contributed by atoms with Crippen LogP contribution in [0.5, 0.6) is 0 Å². The summed E-state index contributed by atoms with van der Waals surface area (Å²) in [5.74, 6) is -0.194. The Labute approximate surface area is 350 Å². The summed E-state index contributed by atoms with van der Waals surface area (Å²) >= 11 is 0. The molecule has 2 amide bonds. The Kier molecular flexibility index (Phi) is 25.4. The van der Waals surface area contributed by atoms with Crippen molar-refractivity contribution in [2.75, 3.05) is 0 Å². The largest absolute Gasteiger partial charge is 0.509 e. The topological polar surface area (TPSA) is 156 Å². The van der Waals surface area contributed by atoms with E-state index < -0.39 is 33.8 Å². The zero-order valence-corrected chi connectivity index (χ0v) is 42.6. The van der Waals surface area contributed by atoms with Crippen molar-refractivity contribution in [2.24, 2.45) is 16.2 Å². The van der Waals surface area contributed by atoms with E-state index in [1.165, 1.54) is 0 Å². The lowest BCUT2D eigenvalue weighted by atomic mass is 9.94. The SMILES string of the molecule is CC(C)(C)NC(=O)C(C)(C)C.CC(C)(C)NC(=O)OC(C)(C)C.CC(C)(C)OC(=O)C(C)(C)C.CC(C)(C)OC(=O)C(C)(C)C.CC(C)(C)OC(=O)OC(C)(C)C. The molecule has 0 heterocycles. The van der Waals surface area contributed by atoms with Crippen LogP contribution in [0, 0.1) is 16.2 Å². The number of alkyl carbamates (subject to hydrolysis) is 1. The number of nitrogens with one attached hydrogen (secondary N) is 2. The highest BCUT2D eigenvalue weighted by Crippen LogP contribution is 2.21. The molecule has 0 saturated carbocycles. The van der Waals surface area contributed by atoms with E-state index in [9.17, 15) is 24.0 Å². The van der Waals surface area contributed by atoms with Crippen LogP contribution in [0.4, 0.5) is 9.59 Å². The highest BCUT2D eigenvalue weighted by atomic mass is 16.7. The number of rotatable bonds is 0. The summed E-state index contributed by atoms with van der Waals surface area (Å²) in [6, 6.07) is 0. The number of ether oxygens (including phenoxy) is 5. The zero-order valence-electron chi connectivity index (χ0n) is 42.6. The van der Waals surface area contributed by atoms with E-state index in [0.717, 1.165) is 0 Å². The molecule has 0 aliphatic heterocycles. The Morgan fingerprint density at radius 3 is 0.649 bits per heavy atom. The Morgan fingerprint density at radius 1 is 0.298 bits per heavy atom. The van der Waals surface area contributed by atoms with Crippen molar-refractivity contribution < 1.29 is 47.7 Å². The molecule has 0 fully saturated rings. The number of hydrogen-bond acceptors (Lipinski definition) is 10. The third-order valence-electron chi connectivity index (χ3n) is 4.85. The van der Waals surface area contributed by atoms with E-state index in [-0.39, 0.29) is 51.6 Å². The molecule has 12 heteroatoms. The second kappa shape index (κ2) is 22.9. The number of carbonyl (C=O) groups is 5. The first-order valence-corrected chi connectivity index (χ1v) is 19.8. The molecule has 0 bridgehead atoms. The van der Waals surface area contributed by atoms with Crippen molar-refractivity contribution >= 4 is 30.1 Å². The Hall–Kier alpha value is -3.05. The van der Waals surface area contributed by atoms with Crippen LogP contribution in [0.25, 0.3) is 0 Å². The molecule has 0 aromatic carbocycles. The fourth-order valence-electron chi connectivity index (χ4n) is 2.52. The van der Waals surface area contributed by atoms with Crippen LogP contribution in [0.1, 0.15) is 208 Å². The van der Waals surface area contributed by atoms with Gasteiger partial charge in [-0.3, -0.25) is 14.4 Å². The van der Waals surface area contributed by atoms with Gasteiger partial charge in [0.2, 0.25) is 5.91 Å². The Balaban J connectivity index is -0.000000198. The van der Waals surface area contributed by atoms with Crippen molar-refractivity contribution in [1.29, 1.82) is 0 Å². The molecule has 342 valence electrons. The Morgan fingerprint density at radius 2 is 0.526 bits per heavy atom. The van der Waals surface area contributed by atoms with E-state index >= 15 is 0 Å². The minimum Gasteiger partial charge on any atom is -0.460 e. The van der Waals surface area contributed by atoms with Gasteiger partial charge in [-0.15, -0.1) is 0 Å². The molecule has 0 radical (unpaired) electrons. The van der Waals surface area contributed by atoms with Gasteiger partial charge in [0, 0.05) is 16.5 Å². The van der Waals surface area contributed by atoms with E-state index in [0.29, 0.717) is 0 Å². The van der Waals surface area contributed by atoms with Crippen LogP contribution >= 0.6 is 0 Å². The number of carbonyl (C=O) groups excluding carboxylic acids is 5. The fourth-order valence-corrected chi connectivity index (χ4v) is 2.52. The molecular formula is C45H92N2O10. The van der Waals surface area contributed by atoms with Crippen LogP contribution in [0.2, 0.25) is 0 Å². The minimum absolute atomic E-state index is 0.102. The van der Waals surface area contributed by atoms with Crippen molar-refractivity contribution in [3.05, 3.63) is 0 Å². The second-order valence-electron chi connectivity index (χ2n) is 24.0. The summed E-state index contributed by atoms with van der Waals surface area (Å²) in [4.78, 5) is 56.1. The number of hydrogen-bond donors (Lipinski definition) is 2. The maximum atomic E-state index is 11.4. The number of amides is 2. The normalized spacial score (nSPS) is 12.7. The van der Waals surface area contributed by atoms with Gasteiger partial charge in [-0.05, 0) is 187 Å². The molecule has 0 atom stereocenters. The van der Waals surface area contributed by atoms with E-state index in [1.54, 1.807) is 41.5 Å². The molecule has 0 aromatic heterocycles. The van der Waals surface area contributed by atoms with E-state index in [2.05, 4.69) is 10.6 Å². The van der Waals surface area contributed by atoms with Gasteiger partial charge >= 0.3 is 24.2 Å². The molecule has 2 N–H and O–H groups in total. The van der Waals surface area contributed by atoms with Gasteiger partial charge in [-0.25, -0.2) is 9.59 Å². The monoisotopic (exact) mass is 821 g/mol. The first-order valence-electron chi connectivity index (χ1n) is 19.8. The third kappa shape index (κ3) is 55.1. The second-order valence-corrected chi connectivity index (χ2v) is 24.0. The van der Waals surface area contributed by atoms with Crippen LogP contribution in [0.3, 0.4) is 0 Å². The Bertz CT molecular complexity index is 1050. The quantitative estimate of drug-likeness (QED) is 0.178. The van der Waals surface area contributed by atoms with Gasteiger partial charge in [0.15, 0.2) is 0 Å². The molecule has 0 aliphatic rings. The molecule has 12 nitrogen and oxygen atoms in total. The molecule has 57 heavy (non-hydrogen) atoms. The van der Waals surface area contributed by atoms with Gasteiger partial charge in [0.05, 0.1) is 10.8 Å². The maximum Gasteiger partial charge on any atom is 0.509 e. The van der Waals surface area contributed by atoms with E-state index in [1.807, 2.05) is 166 Å². The standard InChI is InChI=1S/C9H19NO2.C9H19NO.C9H18O3.2C9H18O2/c1-8(2,3)10-7(11)12-9(4,5)6;1-8(2,3)7(11)10-9(4,5)6;1-8(2,3)11-7(10)12-9(4,5)6;2*1-8(2,3)7(10)11-9(4,5)6/h1-6H3,(H,10,11);1-6H3,(H,10,11);1-6H3;2*1-6H3. The predicted octanol–water partition coefficient (Wildman–Crippen LogP) is 11.7. The van der Waals surface area contributed by atoms with E-state index in [4.69, 9.17) is 23.7 Å². The van der Waals surface area contributed by atoms with Crippen molar-refractivity contribution in [3.8, 4) is 0 Å². The third-order valence-corrected chi connectivity index (χ3v) is 4.85. The first kappa shape index (κ1) is 63.1. The van der Waals surface area contributed by atoms with Gasteiger partial charge in [-0.1, -0.05) is 20.8 Å². The average molecular weight is 821 g/mol.